The third-order valence-electron chi connectivity index (χ3n) is 5.61. The van der Waals surface area contributed by atoms with Crippen molar-refractivity contribution in [2.45, 2.75) is 44.2 Å². The molecule has 0 radical (unpaired) electrons. The van der Waals surface area contributed by atoms with Gasteiger partial charge in [0.25, 0.3) is 5.91 Å². The first-order chi connectivity index (χ1) is 12.1. The lowest BCUT2D eigenvalue weighted by Crippen LogP contribution is -2.53. The van der Waals surface area contributed by atoms with Crippen molar-refractivity contribution in [2.75, 3.05) is 0 Å². The van der Waals surface area contributed by atoms with Crippen LogP contribution in [0.3, 0.4) is 0 Å². The number of rotatable bonds is 3. The first-order valence-corrected chi connectivity index (χ1v) is 9.35. The van der Waals surface area contributed by atoms with Gasteiger partial charge in [0.2, 0.25) is 0 Å². The largest absolute Gasteiger partial charge is 0.349 e. The van der Waals surface area contributed by atoms with E-state index in [2.05, 4.69) is 10.4 Å². The van der Waals surface area contributed by atoms with Gasteiger partial charge in [-0.2, -0.15) is 5.10 Å². The van der Waals surface area contributed by atoms with Gasteiger partial charge in [0.05, 0.1) is 17.4 Å². The SMILES string of the molecule is Cl.NC1CC2CCCC(C1)C2NC(=O)c1cnn(-c2ccc(Cl)cc2)c1. The summed E-state index contributed by atoms with van der Waals surface area (Å²) in [5.41, 5.74) is 7.64. The van der Waals surface area contributed by atoms with Crippen LogP contribution in [0.25, 0.3) is 5.69 Å². The van der Waals surface area contributed by atoms with Gasteiger partial charge in [0, 0.05) is 23.3 Å². The lowest BCUT2D eigenvalue weighted by atomic mass is 9.67. The molecule has 26 heavy (non-hydrogen) atoms. The van der Waals surface area contributed by atoms with Gasteiger partial charge in [-0.05, 0) is 61.8 Å². The topological polar surface area (TPSA) is 72.9 Å². The summed E-state index contributed by atoms with van der Waals surface area (Å²) in [4.78, 5) is 12.7. The molecule has 4 rings (SSSR count). The number of nitrogens with two attached hydrogens (primary N) is 1. The van der Waals surface area contributed by atoms with E-state index in [0.717, 1.165) is 18.5 Å². The predicted molar refractivity (Wildman–Crippen MR) is 105 cm³/mol. The molecule has 1 aromatic heterocycles. The molecule has 5 nitrogen and oxygen atoms in total. The Hall–Kier alpha value is -1.56. The Labute approximate surface area is 164 Å². The Morgan fingerprint density at radius 3 is 2.50 bits per heavy atom. The molecule has 2 bridgehead atoms. The number of nitrogens with one attached hydrogen (secondary N) is 1. The molecule has 2 saturated carbocycles. The Kier molecular flexibility index (Phi) is 5.90. The van der Waals surface area contributed by atoms with E-state index in [1.54, 1.807) is 17.1 Å². The molecule has 2 unspecified atom stereocenters. The summed E-state index contributed by atoms with van der Waals surface area (Å²) in [5.74, 6) is 0.980. The minimum absolute atomic E-state index is 0. The average molecular weight is 395 g/mol. The summed E-state index contributed by atoms with van der Waals surface area (Å²) in [6, 6.07) is 7.92. The van der Waals surface area contributed by atoms with Crippen LogP contribution >= 0.6 is 24.0 Å². The fourth-order valence-corrected chi connectivity index (χ4v) is 4.56. The highest BCUT2D eigenvalue weighted by molar-refractivity contribution is 6.30. The maximum Gasteiger partial charge on any atom is 0.254 e. The van der Waals surface area contributed by atoms with Gasteiger partial charge in [-0.15, -0.1) is 12.4 Å². The minimum atomic E-state index is -0.0439. The van der Waals surface area contributed by atoms with Gasteiger partial charge in [0.1, 0.15) is 0 Å². The summed E-state index contributed by atoms with van der Waals surface area (Å²) in [6.45, 7) is 0. The van der Waals surface area contributed by atoms with Gasteiger partial charge in [-0.3, -0.25) is 4.79 Å². The van der Waals surface area contributed by atoms with Crippen LogP contribution in [0.1, 0.15) is 42.5 Å². The van der Waals surface area contributed by atoms with E-state index < -0.39 is 0 Å². The van der Waals surface area contributed by atoms with Crippen LogP contribution in [-0.2, 0) is 0 Å². The van der Waals surface area contributed by atoms with Crippen molar-refractivity contribution in [1.29, 1.82) is 0 Å². The molecule has 0 aliphatic heterocycles. The summed E-state index contributed by atoms with van der Waals surface area (Å²) < 4.78 is 1.70. The maximum atomic E-state index is 12.7. The maximum absolute atomic E-state index is 12.7. The quantitative estimate of drug-likeness (QED) is 0.835. The molecule has 2 aliphatic rings. The zero-order chi connectivity index (χ0) is 17.4. The number of hydrogen-bond donors (Lipinski definition) is 2. The lowest BCUT2D eigenvalue weighted by molar-refractivity contribution is 0.0756. The molecule has 0 spiro atoms. The van der Waals surface area contributed by atoms with Crippen LogP contribution in [0, 0.1) is 11.8 Å². The number of carbonyl (C=O) groups excluding carboxylic acids is 1. The Morgan fingerprint density at radius 1 is 1.19 bits per heavy atom. The smallest absolute Gasteiger partial charge is 0.254 e. The second-order valence-electron chi connectivity index (χ2n) is 7.33. The van der Waals surface area contributed by atoms with Crippen molar-refractivity contribution in [1.82, 2.24) is 15.1 Å². The van der Waals surface area contributed by atoms with E-state index in [0.29, 0.717) is 22.4 Å². The number of benzene rings is 1. The van der Waals surface area contributed by atoms with Gasteiger partial charge in [-0.1, -0.05) is 18.0 Å². The monoisotopic (exact) mass is 394 g/mol. The molecular formula is C19H24Cl2N4O. The number of aromatic nitrogens is 2. The minimum Gasteiger partial charge on any atom is -0.349 e. The number of nitrogens with zero attached hydrogens (tertiary/aromatic N) is 2. The second kappa shape index (κ2) is 7.99. The standard InChI is InChI=1S/C19H23ClN4O.ClH/c20-15-4-6-17(7-5-15)24-11-14(10-22-24)19(25)23-18-12-2-1-3-13(18)9-16(21)8-12;/h4-7,10-13,16,18H,1-3,8-9,21H2,(H,23,25);1H. The molecule has 3 N–H and O–H groups in total. The van der Waals surface area contributed by atoms with Gasteiger partial charge in [0.15, 0.2) is 0 Å². The van der Waals surface area contributed by atoms with E-state index in [9.17, 15) is 4.79 Å². The van der Waals surface area contributed by atoms with Crippen LogP contribution in [0.5, 0.6) is 0 Å². The van der Waals surface area contributed by atoms with Crippen molar-refractivity contribution in [2.24, 2.45) is 17.6 Å². The Morgan fingerprint density at radius 2 is 1.85 bits per heavy atom. The van der Waals surface area contributed by atoms with E-state index >= 15 is 0 Å². The number of carbonyl (C=O) groups is 1. The zero-order valence-electron chi connectivity index (χ0n) is 14.5. The lowest BCUT2D eigenvalue weighted by Gasteiger charge is -2.45. The van der Waals surface area contributed by atoms with Gasteiger partial charge >= 0.3 is 0 Å². The second-order valence-corrected chi connectivity index (χ2v) is 7.77. The first-order valence-electron chi connectivity index (χ1n) is 8.97. The van der Waals surface area contributed by atoms with Crippen molar-refractivity contribution in [3.05, 3.63) is 47.2 Å². The Bertz CT molecular complexity index is 747. The van der Waals surface area contributed by atoms with E-state index in [1.165, 1.54) is 19.3 Å². The third kappa shape index (κ3) is 3.90. The Balaban J connectivity index is 0.00000196. The van der Waals surface area contributed by atoms with Crippen molar-refractivity contribution >= 4 is 29.9 Å². The molecule has 2 atom stereocenters. The molecule has 7 heteroatoms. The number of hydrogen-bond acceptors (Lipinski definition) is 3. The average Bonchev–Trinajstić information content (AvgIpc) is 3.06. The molecule has 1 aromatic carbocycles. The zero-order valence-corrected chi connectivity index (χ0v) is 16.0. The van der Waals surface area contributed by atoms with Crippen molar-refractivity contribution < 1.29 is 4.79 Å². The van der Waals surface area contributed by atoms with Gasteiger partial charge in [-0.25, -0.2) is 4.68 Å². The summed E-state index contributed by atoms with van der Waals surface area (Å²) in [6.07, 6.45) is 9.01. The number of fused-ring (bicyclic) bond motifs is 2. The molecule has 2 fully saturated rings. The third-order valence-corrected chi connectivity index (χ3v) is 5.86. The molecule has 140 valence electrons. The molecule has 2 aliphatic carbocycles. The summed E-state index contributed by atoms with van der Waals surface area (Å²) in [5, 5.41) is 8.25. The molecule has 0 saturated heterocycles. The van der Waals surface area contributed by atoms with Crippen LogP contribution < -0.4 is 11.1 Å². The fourth-order valence-electron chi connectivity index (χ4n) is 4.43. The molecule has 1 heterocycles. The number of halogens is 2. The van der Waals surface area contributed by atoms with Crippen LogP contribution in [0.4, 0.5) is 0 Å². The predicted octanol–water partition coefficient (Wildman–Crippen LogP) is 3.58. The first kappa shape index (κ1) is 19.2. The summed E-state index contributed by atoms with van der Waals surface area (Å²) in [7, 11) is 0. The highest BCUT2D eigenvalue weighted by Crippen LogP contribution is 2.39. The normalized spacial score (nSPS) is 27.5. The van der Waals surface area contributed by atoms with Crippen molar-refractivity contribution in [3.8, 4) is 5.69 Å². The van der Waals surface area contributed by atoms with Crippen LogP contribution in [-0.4, -0.2) is 27.8 Å². The number of amides is 1. The molecular weight excluding hydrogens is 371 g/mol. The van der Waals surface area contributed by atoms with E-state index in [-0.39, 0.29) is 30.4 Å². The van der Waals surface area contributed by atoms with Crippen molar-refractivity contribution in [3.63, 3.8) is 0 Å². The van der Waals surface area contributed by atoms with Gasteiger partial charge < -0.3 is 11.1 Å². The fraction of sp³-hybridized carbons (Fsp3) is 0.474. The van der Waals surface area contributed by atoms with Crippen LogP contribution in [0.15, 0.2) is 36.7 Å². The van der Waals surface area contributed by atoms with E-state index in [1.807, 2.05) is 24.3 Å². The molecule has 2 aromatic rings. The highest BCUT2D eigenvalue weighted by atomic mass is 35.5. The molecule has 1 amide bonds. The summed E-state index contributed by atoms with van der Waals surface area (Å²) >= 11 is 5.92. The van der Waals surface area contributed by atoms with E-state index in [4.69, 9.17) is 17.3 Å². The van der Waals surface area contributed by atoms with Crippen LogP contribution in [0.2, 0.25) is 5.02 Å². The highest BCUT2D eigenvalue weighted by Gasteiger charge is 2.40.